The van der Waals surface area contributed by atoms with Gasteiger partial charge < -0.3 is 0 Å². The topological polar surface area (TPSA) is 60.2 Å². The lowest BCUT2D eigenvalue weighted by Gasteiger charge is -1.44. The lowest BCUT2D eigenvalue weighted by atomic mass is 12.0. The molecule has 0 aliphatic heterocycles. The first-order valence-electron chi connectivity index (χ1n) is 0.623. The SMILES string of the molecule is C.N[SH](=O)=O. The van der Waals surface area contributed by atoms with Crippen LogP contribution in [0.5, 0.6) is 0 Å². The Bertz CT molecular complexity index is 58.0. The van der Waals surface area contributed by atoms with Gasteiger partial charge in [-0.25, -0.2) is 13.6 Å². The van der Waals surface area contributed by atoms with Crippen molar-refractivity contribution < 1.29 is 8.42 Å². The summed E-state index contributed by atoms with van der Waals surface area (Å²) in [7, 11) is -2.62. The molecular formula is CH7NO2S. The summed E-state index contributed by atoms with van der Waals surface area (Å²) in [5.41, 5.74) is 0. The Balaban J connectivity index is 0. The van der Waals surface area contributed by atoms with Gasteiger partial charge in [-0.3, -0.25) is 0 Å². The minimum atomic E-state index is -2.62. The third-order valence-corrected chi connectivity index (χ3v) is 0. The minimum absolute atomic E-state index is 0. The molecule has 2 N–H and O–H groups in total. The van der Waals surface area contributed by atoms with Crippen molar-refractivity contribution >= 4 is 10.9 Å². The van der Waals surface area contributed by atoms with E-state index in [2.05, 4.69) is 5.14 Å². The van der Waals surface area contributed by atoms with Crippen LogP contribution in [0.4, 0.5) is 0 Å². The molecule has 0 unspecified atom stereocenters. The van der Waals surface area contributed by atoms with E-state index in [1.165, 1.54) is 0 Å². The van der Waals surface area contributed by atoms with Crippen molar-refractivity contribution in [1.29, 1.82) is 0 Å². The fraction of sp³-hybridized carbons (Fsp3) is 1.00. The number of hydrogen-bond acceptors (Lipinski definition) is 2. The predicted octanol–water partition coefficient (Wildman–Crippen LogP) is -0.892. The molecule has 5 heavy (non-hydrogen) atoms. The molecule has 0 saturated heterocycles. The molecule has 0 fully saturated rings. The Kier molecular flexibility index (Phi) is 6.93. The van der Waals surface area contributed by atoms with Gasteiger partial charge >= 0.3 is 0 Å². The minimum Gasteiger partial charge on any atom is -0.231 e. The highest BCUT2D eigenvalue weighted by Gasteiger charge is 1.42. The van der Waals surface area contributed by atoms with Crippen LogP contribution in [0.3, 0.4) is 0 Å². The average molecular weight is 97.1 g/mol. The van der Waals surface area contributed by atoms with Crippen molar-refractivity contribution in [3.8, 4) is 0 Å². The third-order valence-electron chi connectivity index (χ3n) is 0. The zero-order valence-electron chi connectivity index (χ0n) is 1.84. The van der Waals surface area contributed by atoms with Crippen molar-refractivity contribution in [3.05, 3.63) is 0 Å². The molecule has 3 nitrogen and oxygen atoms in total. The van der Waals surface area contributed by atoms with Crippen LogP contribution < -0.4 is 5.14 Å². The van der Waals surface area contributed by atoms with Gasteiger partial charge in [0.05, 0.1) is 0 Å². The standard InChI is InChI=1S/CH4.H3NO2S/c;1-4(2)3/h1H4;4H,(H2,1,2,3). The summed E-state index contributed by atoms with van der Waals surface area (Å²) in [5, 5.41) is 4.06. The predicted molar refractivity (Wildman–Crippen MR) is 21.2 cm³/mol. The molecule has 0 aromatic heterocycles. The first kappa shape index (κ1) is 8.86. The van der Waals surface area contributed by atoms with Crippen molar-refractivity contribution in [1.82, 2.24) is 0 Å². The van der Waals surface area contributed by atoms with Gasteiger partial charge in [0.25, 0.3) is 0 Å². The van der Waals surface area contributed by atoms with Crippen LogP contribution in [-0.4, -0.2) is 8.42 Å². The van der Waals surface area contributed by atoms with Crippen LogP contribution in [0.25, 0.3) is 0 Å². The number of thiol groups is 1. The molecule has 0 aromatic carbocycles. The Hall–Kier alpha value is -0.0900. The Labute approximate surface area is 32.9 Å². The first-order chi connectivity index (χ1) is 1.73. The summed E-state index contributed by atoms with van der Waals surface area (Å²) in [6, 6.07) is 0. The zero-order chi connectivity index (χ0) is 3.58. The van der Waals surface area contributed by atoms with E-state index in [1.807, 2.05) is 0 Å². The average Bonchev–Trinajstić information content (AvgIpc) is 0.811. The lowest BCUT2D eigenvalue weighted by Crippen LogP contribution is -1.85. The lowest BCUT2D eigenvalue weighted by molar-refractivity contribution is 0.616. The molecule has 0 bridgehead atoms. The molecule has 0 spiro atoms. The van der Waals surface area contributed by atoms with E-state index in [0.29, 0.717) is 0 Å². The van der Waals surface area contributed by atoms with Gasteiger partial charge in [0, 0.05) is 0 Å². The Morgan fingerprint density at radius 2 is 1.40 bits per heavy atom. The van der Waals surface area contributed by atoms with E-state index in [9.17, 15) is 0 Å². The third kappa shape index (κ3) is 1760. The second-order valence-corrected chi connectivity index (χ2v) is 0.856. The summed E-state index contributed by atoms with van der Waals surface area (Å²) >= 11 is 0. The van der Waals surface area contributed by atoms with E-state index < -0.39 is 10.9 Å². The molecule has 0 radical (unpaired) electrons. The van der Waals surface area contributed by atoms with Gasteiger partial charge in [0.15, 0.2) is 10.9 Å². The fourth-order valence-electron chi connectivity index (χ4n) is 0. The van der Waals surface area contributed by atoms with Crippen molar-refractivity contribution in [2.75, 3.05) is 0 Å². The van der Waals surface area contributed by atoms with Gasteiger partial charge in [0.2, 0.25) is 0 Å². The summed E-state index contributed by atoms with van der Waals surface area (Å²) in [6.45, 7) is 0. The van der Waals surface area contributed by atoms with Gasteiger partial charge in [-0.05, 0) is 0 Å². The van der Waals surface area contributed by atoms with Crippen LogP contribution in [0.1, 0.15) is 7.43 Å². The molecule has 0 aromatic rings. The van der Waals surface area contributed by atoms with Crippen LogP contribution in [0.2, 0.25) is 0 Å². The second-order valence-electron chi connectivity index (χ2n) is 0.285. The number of rotatable bonds is 0. The molecule has 0 atom stereocenters. The molecule has 0 aliphatic rings. The van der Waals surface area contributed by atoms with Gasteiger partial charge in [-0.1, -0.05) is 7.43 Å². The van der Waals surface area contributed by atoms with Crippen LogP contribution in [0, 0.1) is 0 Å². The quantitative estimate of drug-likeness (QED) is 0.385. The van der Waals surface area contributed by atoms with E-state index in [-0.39, 0.29) is 7.43 Å². The van der Waals surface area contributed by atoms with E-state index in [4.69, 9.17) is 8.42 Å². The maximum atomic E-state index is 8.81. The van der Waals surface area contributed by atoms with E-state index in [0.717, 1.165) is 0 Å². The van der Waals surface area contributed by atoms with Crippen molar-refractivity contribution in [3.63, 3.8) is 0 Å². The van der Waals surface area contributed by atoms with Crippen LogP contribution in [0.15, 0.2) is 0 Å². The van der Waals surface area contributed by atoms with E-state index >= 15 is 0 Å². The zero-order valence-corrected chi connectivity index (χ0v) is 2.74. The second kappa shape index (κ2) is 3.91. The highest BCUT2D eigenvalue weighted by molar-refractivity contribution is 7.69. The summed E-state index contributed by atoms with van der Waals surface area (Å²) < 4.78 is 17.6. The molecule has 0 amide bonds. The Morgan fingerprint density at radius 3 is 1.40 bits per heavy atom. The highest BCUT2D eigenvalue weighted by Crippen LogP contribution is 1.14. The first-order valence-corrected chi connectivity index (χ1v) is 1.87. The van der Waals surface area contributed by atoms with Crippen molar-refractivity contribution in [2.45, 2.75) is 7.43 Å². The van der Waals surface area contributed by atoms with Gasteiger partial charge in [-0.15, -0.1) is 0 Å². The maximum absolute atomic E-state index is 8.81. The smallest absolute Gasteiger partial charge is 0.198 e. The molecule has 4 heteroatoms. The summed E-state index contributed by atoms with van der Waals surface area (Å²) in [6.07, 6.45) is 0. The molecule has 0 rings (SSSR count). The Morgan fingerprint density at radius 1 is 1.40 bits per heavy atom. The fourth-order valence-corrected chi connectivity index (χ4v) is 0. The maximum Gasteiger partial charge on any atom is 0.198 e. The summed E-state index contributed by atoms with van der Waals surface area (Å²) in [4.78, 5) is 0. The number of nitrogens with two attached hydrogens (primary N) is 1. The normalized spacial score (nSPS) is 6.80. The molecular weight excluding hydrogens is 90.1 g/mol. The van der Waals surface area contributed by atoms with Crippen molar-refractivity contribution in [2.24, 2.45) is 5.14 Å². The summed E-state index contributed by atoms with van der Waals surface area (Å²) in [5.74, 6) is 0. The largest absolute Gasteiger partial charge is 0.231 e. The van der Waals surface area contributed by atoms with Crippen LogP contribution >= 0.6 is 0 Å². The molecule has 0 saturated carbocycles. The van der Waals surface area contributed by atoms with Crippen LogP contribution in [-0.2, 0) is 10.9 Å². The number of hydrogen-bond donors (Lipinski definition) is 2. The monoisotopic (exact) mass is 97.0 g/mol. The van der Waals surface area contributed by atoms with Gasteiger partial charge in [0.1, 0.15) is 0 Å². The molecule has 0 heterocycles. The van der Waals surface area contributed by atoms with E-state index in [1.54, 1.807) is 0 Å². The van der Waals surface area contributed by atoms with Gasteiger partial charge in [-0.2, -0.15) is 0 Å². The molecule has 0 aliphatic carbocycles. The highest BCUT2D eigenvalue weighted by atomic mass is 32.2. The molecule has 34 valence electrons.